The van der Waals surface area contributed by atoms with Crippen molar-refractivity contribution in [2.75, 3.05) is 5.32 Å². The second-order valence-electron chi connectivity index (χ2n) is 8.73. The quantitative estimate of drug-likeness (QED) is 0.488. The van der Waals surface area contributed by atoms with Gasteiger partial charge < -0.3 is 9.88 Å². The predicted octanol–water partition coefficient (Wildman–Crippen LogP) is 4.41. The minimum Gasteiger partial charge on any atom is -0.331 e. The fraction of sp³-hybridized carbons (Fsp3) is 0.250. The largest absolute Gasteiger partial charge is 0.331 e. The molecule has 0 atom stereocenters. The number of hydrogen-bond acceptors (Lipinski definition) is 5. The van der Waals surface area contributed by atoms with Crippen molar-refractivity contribution in [1.29, 1.82) is 0 Å². The van der Waals surface area contributed by atoms with Crippen molar-refractivity contribution >= 4 is 50.0 Å². The molecule has 0 saturated heterocycles. The first-order valence-corrected chi connectivity index (χ1v) is 11.0. The van der Waals surface area contributed by atoms with E-state index in [1.165, 1.54) is 11.3 Å². The second kappa shape index (κ2) is 7.13. The normalized spacial score (nSPS) is 15.2. The number of carbonyl (C=O) groups is 2. The highest BCUT2D eigenvalue weighted by molar-refractivity contribution is 7.17. The molecule has 156 valence electrons. The molecule has 0 radical (unpaired) electrons. The molecule has 2 heterocycles. The van der Waals surface area contributed by atoms with Crippen LogP contribution in [0.2, 0.25) is 0 Å². The molecule has 0 spiro atoms. The van der Waals surface area contributed by atoms with Gasteiger partial charge >= 0.3 is 0 Å². The zero-order chi connectivity index (χ0) is 21.8. The lowest BCUT2D eigenvalue weighted by molar-refractivity contribution is -0.116. The number of hydrogen-bond donors (Lipinski definition) is 1. The van der Waals surface area contributed by atoms with E-state index in [4.69, 9.17) is 0 Å². The monoisotopic (exact) mass is 431 g/mol. The van der Waals surface area contributed by atoms with Crippen LogP contribution >= 0.6 is 11.3 Å². The van der Waals surface area contributed by atoms with Gasteiger partial charge in [-0.25, -0.2) is 4.98 Å². The van der Waals surface area contributed by atoms with Gasteiger partial charge in [-0.05, 0) is 36.1 Å². The summed E-state index contributed by atoms with van der Waals surface area (Å²) in [6.45, 7) is 4.14. The summed E-state index contributed by atoms with van der Waals surface area (Å²) in [4.78, 5) is 43.4. The van der Waals surface area contributed by atoms with Crippen molar-refractivity contribution in [2.24, 2.45) is 5.41 Å². The van der Waals surface area contributed by atoms with E-state index in [2.05, 4.69) is 24.1 Å². The zero-order valence-corrected chi connectivity index (χ0v) is 18.1. The molecule has 1 aliphatic rings. The molecule has 0 aliphatic heterocycles. The van der Waals surface area contributed by atoms with Crippen LogP contribution in [-0.2, 0) is 17.8 Å². The van der Waals surface area contributed by atoms with E-state index in [1.807, 2.05) is 41.0 Å². The number of pyridine rings is 1. The predicted molar refractivity (Wildman–Crippen MR) is 123 cm³/mol. The van der Waals surface area contributed by atoms with Gasteiger partial charge in [0.2, 0.25) is 5.91 Å². The maximum Gasteiger partial charge on any atom is 0.246 e. The average molecular weight is 432 g/mol. The maximum absolute atomic E-state index is 12.9. The highest BCUT2D eigenvalue weighted by atomic mass is 32.1. The molecule has 1 amide bonds. The fourth-order valence-electron chi connectivity index (χ4n) is 4.32. The topological polar surface area (TPSA) is 81.1 Å². The van der Waals surface area contributed by atoms with Crippen molar-refractivity contribution in [1.82, 2.24) is 9.55 Å². The Labute approximate surface area is 182 Å². The molecule has 7 heteroatoms. The zero-order valence-electron chi connectivity index (χ0n) is 17.3. The van der Waals surface area contributed by atoms with Crippen molar-refractivity contribution in [3.05, 3.63) is 69.3 Å². The lowest BCUT2D eigenvalue weighted by atomic mass is 9.78. The van der Waals surface area contributed by atoms with Crippen molar-refractivity contribution < 1.29 is 9.59 Å². The number of anilines is 1. The first kappa shape index (κ1) is 19.6. The van der Waals surface area contributed by atoms with E-state index < -0.39 is 0 Å². The molecule has 0 bridgehead atoms. The van der Waals surface area contributed by atoms with Gasteiger partial charge in [0.15, 0.2) is 16.3 Å². The Morgan fingerprint density at radius 2 is 1.65 bits per heavy atom. The molecule has 6 nitrogen and oxygen atoms in total. The summed E-state index contributed by atoms with van der Waals surface area (Å²) in [7, 11) is 0. The van der Waals surface area contributed by atoms with Gasteiger partial charge in [0, 0.05) is 17.2 Å². The van der Waals surface area contributed by atoms with Gasteiger partial charge in [-0.15, -0.1) is 0 Å². The highest BCUT2D eigenvalue weighted by Gasteiger charge is 2.34. The molecule has 2 aromatic heterocycles. The number of amides is 1. The fourth-order valence-corrected chi connectivity index (χ4v) is 5.26. The average Bonchev–Trinajstić information content (AvgIpc) is 3.12. The van der Waals surface area contributed by atoms with Gasteiger partial charge in [0.05, 0.1) is 21.6 Å². The van der Waals surface area contributed by atoms with Crippen LogP contribution in [0.15, 0.2) is 53.3 Å². The number of rotatable bonds is 3. The molecule has 0 unspecified atom stereocenters. The summed E-state index contributed by atoms with van der Waals surface area (Å²) in [6, 6.07) is 14.6. The van der Waals surface area contributed by atoms with Crippen LogP contribution < -0.4 is 10.7 Å². The summed E-state index contributed by atoms with van der Waals surface area (Å²) < 4.78 is 1.85. The van der Waals surface area contributed by atoms with E-state index in [9.17, 15) is 14.4 Å². The molecule has 4 aromatic rings. The maximum atomic E-state index is 12.9. The number of thiazole rings is 1. The number of carbonyl (C=O) groups excluding carboxylic acids is 2. The van der Waals surface area contributed by atoms with Gasteiger partial charge in [0.1, 0.15) is 6.54 Å². The third-order valence-corrected chi connectivity index (χ3v) is 6.72. The van der Waals surface area contributed by atoms with Gasteiger partial charge in [-0.2, -0.15) is 0 Å². The van der Waals surface area contributed by atoms with Crippen LogP contribution in [0.1, 0.15) is 35.6 Å². The minimum absolute atomic E-state index is 0.0327. The molecule has 1 aliphatic carbocycles. The Bertz CT molecular complexity index is 1370. The van der Waals surface area contributed by atoms with Crippen LogP contribution in [0.3, 0.4) is 0 Å². The van der Waals surface area contributed by atoms with Crippen molar-refractivity contribution in [3.8, 4) is 0 Å². The van der Waals surface area contributed by atoms with Gasteiger partial charge in [0.25, 0.3) is 0 Å². The Kier molecular flexibility index (Phi) is 4.51. The first-order chi connectivity index (χ1) is 14.8. The number of para-hydroxylation sites is 2. The summed E-state index contributed by atoms with van der Waals surface area (Å²) in [5.74, 6) is -0.168. The molecular weight excluding hydrogens is 410 g/mol. The Balaban J connectivity index is 1.50. The van der Waals surface area contributed by atoms with E-state index in [0.717, 1.165) is 12.1 Å². The van der Waals surface area contributed by atoms with E-state index >= 15 is 0 Å². The van der Waals surface area contributed by atoms with E-state index in [-0.39, 0.29) is 29.1 Å². The number of aromatic nitrogens is 2. The van der Waals surface area contributed by atoms with Gasteiger partial charge in [-0.3, -0.25) is 14.4 Å². The molecule has 1 N–H and O–H groups in total. The van der Waals surface area contributed by atoms with E-state index in [0.29, 0.717) is 38.2 Å². The lowest BCUT2D eigenvalue weighted by Crippen LogP contribution is -2.26. The molecule has 5 rings (SSSR count). The smallest absolute Gasteiger partial charge is 0.246 e. The number of nitrogens with one attached hydrogen (secondary N) is 1. The van der Waals surface area contributed by atoms with Crippen LogP contribution in [0.25, 0.3) is 21.8 Å². The standard InChI is InChI=1S/C24H21N3O3S/c1-24(2)11-16-22(19(28)12-24)31-23(25-16)26-20(29)13-27-17-9-5-3-7-14(17)21(30)15-8-4-6-10-18(15)27/h3-10H,11-13H2,1-2H3,(H,25,26,29). The van der Waals surface area contributed by atoms with Crippen molar-refractivity contribution in [3.63, 3.8) is 0 Å². The van der Waals surface area contributed by atoms with Crippen molar-refractivity contribution in [2.45, 2.75) is 33.2 Å². The Morgan fingerprint density at radius 1 is 1.03 bits per heavy atom. The highest BCUT2D eigenvalue weighted by Crippen LogP contribution is 2.38. The third kappa shape index (κ3) is 3.45. The van der Waals surface area contributed by atoms with Crippen LogP contribution in [0, 0.1) is 5.41 Å². The molecule has 31 heavy (non-hydrogen) atoms. The third-order valence-electron chi connectivity index (χ3n) is 5.66. The molecule has 0 fully saturated rings. The molecule has 2 aromatic carbocycles. The summed E-state index contributed by atoms with van der Waals surface area (Å²) in [6.07, 6.45) is 1.21. The number of ketones is 1. The van der Waals surface area contributed by atoms with Crippen LogP contribution in [0.5, 0.6) is 0 Å². The van der Waals surface area contributed by atoms with E-state index in [1.54, 1.807) is 12.1 Å². The number of benzene rings is 2. The summed E-state index contributed by atoms with van der Waals surface area (Å²) in [5, 5.41) is 4.45. The lowest BCUT2D eigenvalue weighted by Gasteiger charge is -2.26. The molecule has 0 saturated carbocycles. The SMILES string of the molecule is CC1(C)CC(=O)c2sc(NC(=O)Cn3c4ccccc4c(=O)c4ccccc43)nc2C1. The number of nitrogens with zero attached hydrogens (tertiary/aromatic N) is 2. The molecular formula is C24H21N3O3S. The summed E-state index contributed by atoms with van der Waals surface area (Å²) >= 11 is 1.24. The second-order valence-corrected chi connectivity index (χ2v) is 9.73. The minimum atomic E-state index is -0.253. The Morgan fingerprint density at radius 3 is 2.29 bits per heavy atom. The van der Waals surface area contributed by atoms with Crippen LogP contribution in [0.4, 0.5) is 5.13 Å². The van der Waals surface area contributed by atoms with Crippen LogP contribution in [-0.4, -0.2) is 21.2 Å². The Hall–Kier alpha value is -3.32. The number of fused-ring (bicyclic) bond motifs is 3. The first-order valence-electron chi connectivity index (χ1n) is 10.2. The summed E-state index contributed by atoms with van der Waals surface area (Å²) in [5.41, 5.74) is 2.01. The van der Waals surface area contributed by atoms with Gasteiger partial charge in [-0.1, -0.05) is 49.4 Å². The number of Topliss-reactive ketones (excluding diaryl/α,β-unsaturated/α-hetero) is 1.